The molecular weight excluding hydrogens is 226 g/mol. The standard InChI is InChI=1S/C14H21N3O/c1-14(2,12-5-4-6-15-11-12)13(18)17-9-7-16(3)8-10-17/h4-6,11H,7-10H2,1-3H3. The predicted octanol–water partition coefficient (Wildman–Crippen LogP) is 1.13. The van der Waals surface area contributed by atoms with Gasteiger partial charge in [-0.2, -0.15) is 0 Å². The predicted molar refractivity (Wildman–Crippen MR) is 71.3 cm³/mol. The zero-order chi connectivity index (χ0) is 13.2. The number of nitrogens with zero attached hydrogens (tertiary/aromatic N) is 3. The zero-order valence-electron chi connectivity index (χ0n) is 11.4. The van der Waals surface area contributed by atoms with Crippen LogP contribution in [0.15, 0.2) is 24.5 Å². The maximum absolute atomic E-state index is 12.6. The minimum Gasteiger partial charge on any atom is -0.339 e. The Morgan fingerprint density at radius 3 is 2.50 bits per heavy atom. The summed E-state index contributed by atoms with van der Waals surface area (Å²) in [4.78, 5) is 20.9. The second-order valence-corrected chi connectivity index (χ2v) is 5.46. The van der Waals surface area contributed by atoms with E-state index >= 15 is 0 Å². The molecule has 1 aliphatic rings. The van der Waals surface area contributed by atoms with Gasteiger partial charge in [0.15, 0.2) is 0 Å². The molecule has 1 aliphatic heterocycles. The minimum atomic E-state index is -0.496. The van der Waals surface area contributed by atoms with E-state index in [1.165, 1.54) is 0 Å². The first-order valence-electron chi connectivity index (χ1n) is 6.40. The number of hydrogen-bond acceptors (Lipinski definition) is 3. The van der Waals surface area contributed by atoms with Gasteiger partial charge in [-0.25, -0.2) is 0 Å². The Bertz CT molecular complexity index is 408. The van der Waals surface area contributed by atoms with Crippen LogP contribution in [0, 0.1) is 0 Å². The lowest BCUT2D eigenvalue weighted by Gasteiger charge is -2.37. The normalized spacial score (nSPS) is 17.8. The highest BCUT2D eigenvalue weighted by atomic mass is 16.2. The van der Waals surface area contributed by atoms with Gasteiger partial charge in [0.05, 0.1) is 5.41 Å². The second-order valence-electron chi connectivity index (χ2n) is 5.46. The molecule has 1 saturated heterocycles. The van der Waals surface area contributed by atoms with Crippen molar-refractivity contribution in [1.29, 1.82) is 0 Å². The average Bonchev–Trinajstić information content (AvgIpc) is 2.40. The summed E-state index contributed by atoms with van der Waals surface area (Å²) < 4.78 is 0. The number of hydrogen-bond donors (Lipinski definition) is 0. The monoisotopic (exact) mass is 247 g/mol. The first-order chi connectivity index (χ1) is 8.51. The van der Waals surface area contributed by atoms with Crippen LogP contribution < -0.4 is 0 Å². The van der Waals surface area contributed by atoms with Gasteiger partial charge in [0.2, 0.25) is 5.91 Å². The first-order valence-corrected chi connectivity index (χ1v) is 6.40. The van der Waals surface area contributed by atoms with Crippen molar-refractivity contribution >= 4 is 5.91 Å². The van der Waals surface area contributed by atoms with Crippen LogP contribution in [0.25, 0.3) is 0 Å². The van der Waals surface area contributed by atoms with E-state index in [1.54, 1.807) is 12.4 Å². The van der Waals surface area contributed by atoms with Crippen molar-refractivity contribution in [2.24, 2.45) is 0 Å². The third kappa shape index (κ3) is 2.53. The number of pyridine rings is 1. The lowest BCUT2D eigenvalue weighted by molar-refractivity contribution is -0.137. The Labute approximate surface area is 109 Å². The molecule has 18 heavy (non-hydrogen) atoms. The number of likely N-dealkylation sites (N-methyl/N-ethyl adjacent to an activating group) is 1. The minimum absolute atomic E-state index is 0.198. The Hall–Kier alpha value is -1.42. The fourth-order valence-electron chi connectivity index (χ4n) is 2.26. The quantitative estimate of drug-likeness (QED) is 0.786. The molecule has 0 N–H and O–H groups in total. The Morgan fingerprint density at radius 2 is 1.94 bits per heavy atom. The molecule has 0 radical (unpaired) electrons. The van der Waals surface area contributed by atoms with Gasteiger partial charge in [-0.3, -0.25) is 9.78 Å². The van der Waals surface area contributed by atoms with Crippen molar-refractivity contribution in [2.45, 2.75) is 19.3 Å². The number of carbonyl (C=O) groups is 1. The summed E-state index contributed by atoms with van der Waals surface area (Å²) in [6, 6.07) is 3.86. The molecule has 4 nitrogen and oxygen atoms in total. The molecule has 2 rings (SSSR count). The van der Waals surface area contributed by atoms with E-state index in [0.717, 1.165) is 31.7 Å². The third-order valence-electron chi connectivity index (χ3n) is 3.71. The molecule has 1 amide bonds. The summed E-state index contributed by atoms with van der Waals surface area (Å²) in [5, 5.41) is 0. The molecule has 1 fully saturated rings. The van der Waals surface area contributed by atoms with Gasteiger partial charge in [0.25, 0.3) is 0 Å². The van der Waals surface area contributed by atoms with Gasteiger partial charge in [-0.1, -0.05) is 6.07 Å². The van der Waals surface area contributed by atoms with Crippen LogP contribution in [0.2, 0.25) is 0 Å². The summed E-state index contributed by atoms with van der Waals surface area (Å²) in [7, 11) is 2.09. The van der Waals surface area contributed by atoms with E-state index in [2.05, 4.69) is 16.9 Å². The fourth-order valence-corrected chi connectivity index (χ4v) is 2.26. The summed E-state index contributed by atoms with van der Waals surface area (Å²) in [6.07, 6.45) is 3.52. The van der Waals surface area contributed by atoms with Crippen molar-refractivity contribution in [1.82, 2.24) is 14.8 Å². The van der Waals surface area contributed by atoms with Crippen molar-refractivity contribution in [3.05, 3.63) is 30.1 Å². The van der Waals surface area contributed by atoms with E-state index in [-0.39, 0.29) is 5.91 Å². The summed E-state index contributed by atoms with van der Waals surface area (Å²) in [5.74, 6) is 0.198. The van der Waals surface area contributed by atoms with Crippen LogP contribution in [-0.4, -0.2) is 53.9 Å². The molecule has 0 bridgehead atoms. The molecule has 2 heterocycles. The molecule has 0 aromatic carbocycles. The third-order valence-corrected chi connectivity index (χ3v) is 3.71. The lowest BCUT2D eigenvalue weighted by Crippen LogP contribution is -2.52. The SMILES string of the molecule is CN1CCN(C(=O)C(C)(C)c2cccnc2)CC1. The molecular formula is C14H21N3O. The van der Waals surface area contributed by atoms with Gasteiger partial charge in [0.1, 0.15) is 0 Å². The average molecular weight is 247 g/mol. The van der Waals surface area contributed by atoms with Gasteiger partial charge >= 0.3 is 0 Å². The van der Waals surface area contributed by atoms with Crippen LogP contribution >= 0.6 is 0 Å². The zero-order valence-corrected chi connectivity index (χ0v) is 11.4. The van der Waals surface area contributed by atoms with Gasteiger partial charge < -0.3 is 9.80 Å². The number of carbonyl (C=O) groups excluding carboxylic acids is 1. The van der Waals surface area contributed by atoms with Crippen molar-refractivity contribution in [3.63, 3.8) is 0 Å². The number of aromatic nitrogens is 1. The fraction of sp³-hybridized carbons (Fsp3) is 0.571. The van der Waals surface area contributed by atoms with Crippen molar-refractivity contribution in [2.75, 3.05) is 33.2 Å². The van der Waals surface area contributed by atoms with E-state index in [4.69, 9.17) is 0 Å². The largest absolute Gasteiger partial charge is 0.339 e. The molecule has 98 valence electrons. The molecule has 0 spiro atoms. The van der Waals surface area contributed by atoms with Crippen molar-refractivity contribution in [3.8, 4) is 0 Å². The first kappa shape index (κ1) is 13.0. The topological polar surface area (TPSA) is 36.4 Å². The summed E-state index contributed by atoms with van der Waals surface area (Å²) >= 11 is 0. The van der Waals surface area contributed by atoms with E-state index in [9.17, 15) is 4.79 Å². The van der Waals surface area contributed by atoms with Crippen molar-refractivity contribution < 1.29 is 4.79 Å². The van der Waals surface area contributed by atoms with Gasteiger partial charge in [0, 0.05) is 38.6 Å². The van der Waals surface area contributed by atoms with Crippen LogP contribution in [0.3, 0.4) is 0 Å². The lowest BCUT2D eigenvalue weighted by atomic mass is 9.84. The second kappa shape index (κ2) is 5.06. The Balaban J connectivity index is 2.13. The van der Waals surface area contributed by atoms with E-state index in [1.807, 2.05) is 30.9 Å². The van der Waals surface area contributed by atoms with Crippen LogP contribution in [0.5, 0.6) is 0 Å². The molecule has 0 saturated carbocycles. The summed E-state index contributed by atoms with van der Waals surface area (Å²) in [6.45, 7) is 7.50. The van der Waals surface area contributed by atoms with Gasteiger partial charge in [-0.15, -0.1) is 0 Å². The van der Waals surface area contributed by atoms with Crippen LogP contribution in [0.1, 0.15) is 19.4 Å². The molecule has 1 aromatic heterocycles. The van der Waals surface area contributed by atoms with Crippen LogP contribution in [0.4, 0.5) is 0 Å². The highest BCUT2D eigenvalue weighted by Gasteiger charge is 2.34. The smallest absolute Gasteiger partial charge is 0.232 e. The number of rotatable bonds is 2. The van der Waals surface area contributed by atoms with E-state index in [0.29, 0.717) is 0 Å². The highest BCUT2D eigenvalue weighted by molar-refractivity contribution is 5.87. The maximum Gasteiger partial charge on any atom is 0.232 e. The Morgan fingerprint density at radius 1 is 1.28 bits per heavy atom. The van der Waals surface area contributed by atoms with Gasteiger partial charge in [-0.05, 0) is 32.5 Å². The molecule has 0 aliphatic carbocycles. The molecule has 4 heteroatoms. The van der Waals surface area contributed by atoms with E-state index < -0.39 is 5.41 Å². The van der Waals surface area contributed by atoms with Crippen LogP contribution in [-0.2, 0) is 10.2 Å². The number of piperazine rings is 1. The summed E-state index contributed by atoms with van der Waals surface area (Å²) in [5.41, 5.74) is 0.485. The molecule has 1 aromatic rings. The molecule has 0 atom stereocenters. The maximum atomic E-state index is 12.6. The molecule has 0 unspecified atom stereocenters. The highest BCUT2D eigenvalue weighted by Crippen LogP contribution is 2.25. The Kier molecular flexibility index (Phi) is 3.66. The number of amides is 1.